The number of halogens is 1. The lowest BCUT2D eigenvalue weighted by molar-refractivity contribution is 0.360. The highest BCUT2D eigenvalue weighted by Crippen LogP contribution is 2.39. The van der Waals surface area contributed by atoms with Crippen LogP contribution in [0.5, 0.6) is 5.75 Å². The van der Waals surface area contributed by atoms with Gasteiger partial charge in [-0.2, -0.15) is 0 Å². The van der Waals surface area contributed by atoms with E-state index in [1.807, 2.05) is 0 Å². The quantitative estimate of drug-likeness (QED) is 0.903. The Balaban J connectivity index is 1.90. The maximum absolute atomic E-state index is 5.72. The zero-order valence-corrected chi connectivity index (χ0v) is 13.9. The maximum atomic E-state index is 5.72. The molecule has 1 N–H and O–H groups in total. The largest absolute Gasteiger partial charge is 0.495 e. The number of rotatable bonds is 3. The Morgan fingerprint density at radius 1 is 1.25 bits per heavy atom. The van der Waals surface area contributed by atoms with Gasteiger partial charge in [0.2, 0.25) is 0 Å². The number of hydrogen-bond donors (Lipinski definition) is 1. The molecule has 1 fully saturated rings. The van der Waals surface area contributed by atoms with Crippen LogP contribution < -0.4 is 10.1 Å². The lowest BCUT2D eigenvalue weighted by Gasteiger charge is -2.26. The Morgan fingerprint density at radius 3 is 2.75 bits per heavy atom. The van der Waals surface area contributed by atoms with E-state index >= 15 is 0 Å². The highest BCUT2D eigenvalue weighted by molar-refractivity contribution is 9.10. The van der Waals surface area contributed by atoms with Crippen molar-refractivity contribution in [1.82, 2.24) is 5.32 Å². The molecule has 110 valence electrons. The van der Waals surface area contributed by atoms with Gasteiger partial charge in [-0.25, -0.2) is 0 Å². The second kappa shape index (κ2) is 6.48. The number of fused-ring (bicyclic) bond motifs is 1. The van der Waals surface area contributed by atoms with Crippen molar-refractivity contribution >= 4 is 15.9 Å². The maximum Gasteiger partial charge on any atom is 0.136 e. The Hall–Kier alpha value is -0.540. The number of ether oxygens (including phenoxy) is 1. The lowest BCUT2D eigenvalue weighted by Crippen LogP contribution is -2.28. The number of aryl methyl sites for hydroxylation is 1. The predicted octanol–water partition coefficient (Wildman–Crippen LogP) is 3.88. The first-order chi connectivity index (χ1) is 9.79. The molecular weight excluding hydrogens is 314 g/mol. The fourth-order valence-corrected chi connectivity index (χ4v) is 4.53. The predicted molar refractivity (Wildman–Crippen MR) is 86.6 cm³/mol. The molecule has 1 aromatic carbocycles. The van der Waals surface area contributed by atoms with Gasteiger partial charge in [0.1, 0.15) is 5.75 Å². The van der Waals surface area contributed by atoms with Gasteiger partial charge in [-0.15, -0.1) is 0 Å². The molecule has 0 bridgehead atoms. The van der Waals surface area contributed by atoms with E-state index in [4.69, 9.17) is 4.74 Å². The van der Waals surface area contributed by atoms with Crippen LogP contribution in [0.1, 0.15) is 42.4 Å². The average Bonchev–Trinajstić information content (AvgIpc) is 2.49. The summed E-state index contributed by atoms with van der Waals surface area (Å²) in [6.07, 6.45) is 8.81. The molecule has 3 heteroatoms. The van der Waals surface area contributed by atoms with E-state index in [2.05, 4.69) is 27.3 Å². The Morgan fingerprint density at radius 2 is 2.00 bits per heavy atom. The first-order valence-corrected chi connectivity index (χ1v) is 8.66. The molecule has 1 aliphatic carbocycles. The standard InChI is InChI=1S/C17H24BrNO/c1-20-17-14(10-12-6-8-19-9-7-12)11-13-4-2-3-5-15(13)16(17)18/h11-12,19H,2-10H2,1H3. The van der Waals surface area contributed by atoms with Gasteiger partial charge in [-0.3, -0.25) is 0 Å². The first-order valence-electron chi connectivity index (χ1n) is 7.87. The number of piperidine rings is 1. The van der Waals surface area contributed by atoms with Crippen molar-refractivity contribution in [3.8, 4) is 5.75 Å². The fourth-order valence-electron chi connectivity index (χ4n) is 3.66. The summed E-state index contributed by atoms with van der Waals surface area (Å²) in [6.45, 7) is 2.33. The minimum Gasteiger partial charge on any atom is -0.495 e. The van der Waals surface area contributed by atoms with Gasteiger partial charge in [-0.05, 0) is 96.6 Å². The molecule has 0 radical (unpaired) electrons. The van der Waals surface area contributed by atoms with Crippen molar-refractivity contribution < 1.29 is 4.74 Å². The van der Waals surface area contributed by atoms with Crippen LogP contribution in [-0.4, -0.2) is 20.2 Å². The number of hydrogen-bond acceptors (Lipinski definition) is 2. The van der Waals surface area contributed by atoms with E-state index in [-0.39, 0.29) is 0 Å². The molecule has 0 unspecified atom stereocenters. The topological polar surface area (TPSA) is 21.3 Å². The smallest absolute Gasteiger partial charge is 0.136 e. The van der Waals surface area contributed by atoms with Crippen LogP contribution >= 0.6 is 15.9 Å². The molecular formula is C17H24BrNO. The monoisotopic (exact) mass is 337 g/mol. The van der Waals surface area contributed by atoms with Crippen LogP contribution in [0.15, 0.2) is 10.5 Å². The minimum atomic E-state index is 0.804. The molecule has 20 heavy (non-hydrogen) atoms. The summed E-state index contributed by atoms with van der Waals surface area (Å²) in [6, 6.07) is 2.43. The van der Waals surface area contributed by atoms with Gasteiger partial charge < -0.3 is 10.1 Å². The molecule has 1 aromatic rings. The van der Waals surface area contributed by atoms with E-state index in [0.29, 0.717) is 0 Å². The van der Waals surface area contributed by atoms with Gasteiger partial charge >= 0.3 is 0 Å². The normalized spacial score (nSPS) is 19.7. The Labute approximate surface area is 130 Å². The molecule has 0 saturated carbocycles. The third kappa shape index (κ3) is 2.89. The Kier molecular flexibility index (Phi) is 4.67. The van der Waals surface area contributed by atoms with Crippen LogP contribution in [-0.2, 0) is 19.3 Å². The van der Waals surface area contributed by atoms with Crippen LogP contribution in [0.3, 0.4) is 0 Å². The van der Waals surface area contributed by atoms with E-state index in [1.54, 1.807) is 12.7 Å². The van der Waals surface area contributed by atoms with Gasteiger partial charge in [0, 0.05) is 0 Å². The van der Waals surface area contributed by atoms with Gasteiger partial charge in [-0.1, -0.05) is 6.07 Å². The zero-order valence-electron chi connectivity index (χ0n) is 12.3. The van der Waals surface area contributed by atoms with Gasteiger partial charge in [0.05, 0.1) is 11.6 Å². The molecule has 3 rings (SSSR count). The van der Waals surface area contributed by atoms with Gasteiger partial charge in [0.25, 0.3) is 0 Å². The van der Waals surface area contributed by atoms with Crippen LogP contribution in [0.2, 0.25) is 0 Å². The summed E-state index contributed by atoms with van der Waals surface area (Å²) < 4.78 is 6.94. The fraction of sp³-hybridized carbons (Fsp3) is 0.647. The molecule has 1 heterocycles. The van der Waals surface area contributed by atoms with E-state index in [0.717, 1.165) is 18.1 Å². The molecule has 0 aromatic heterocycles. The number of methoxy groups -OCH3 is 1. The van der Waals surface area contributed by atoms with E-state index in [9.17, 15) is 0 Å². The number of benzene rings is 1. The summed E-state index contributed by atoms with van der Waals surface area (Å²) in [5.74, 6) is 1.89. The highest BCUT2D eigenvalue weighted by atomic mass is 79.9. The summed E-state index contributed by atoms with van der Waals surface area (Å²) in [7, 11) is 1.81. The molecule has 0 atom stereocenters. The van der Waals surface area contributed by atoms with Crippen LogP contribution in [0, 0.1) is 5.92 Å². The number of nitrogens with one attached hydrogen (secondary N) is 1. The summed E-state index contributed by atoms with van der Waals surface area (Å²) in [5, 5.41) is 3.45. The minimum absolute atomic E-state index is 0.804. The molecule has 0 amide bonds. The van der Waals surface area contributed by atoms with Crippen molar-refractivity contribution in [2.24, 2.45) is 5.92 Å². The van der Waals surface area contributed by atoms with E-state index < -0.39 is 0 Å². The summed E-state index contributed by atoms with van der Waals surface area (Å²) in [5.41, 5.74) is 4.45. The summed E-state index contributed by atoms with van der Waals surface area (Å²) >= 11 is 3.81. The zero-order chi connectivity index (χ0) is 13.9. The summed E-state index contributed by atoms with van der Waals surface area (Å²) in [4.78, 5) is 0. The van der Waals surface area contributed by atoms with Crippen molar-refractivity contribution in [2.75, 3.05) is 20.2 Å². The highest BCUT2D eigenvalue weighted by Gasteiger charge is 2.22. The Bertz CT molecular complexity index is 480. The molecule has 1 saturated heterocycles. The van der Waals surface area contributed by atoms with Crippen LogP contribution in [0.25, 0.3) is 0 Å². The first kappa shape index (κ1) is 14.4. The van der Waals surface area contributed by atoms with Crippen molar-refractivity contribution in [3.63, 3.8) is 0 Å². The second-order valence-electron chi connectivity index (χ2n) is 6.13. The molecule has 0 spiro atoms. The molecule has 2 aliphatic rings. The van der Waals surface area contributed by atoms with Gasteiger partial charge in [0.15, 0.2) is 0 Å². The third-order valence-corrected chi connectivity index (χ3v) is 5.63. The van der Waals surface area contributed by atoms with Crippen LogP contribution in [0.4, 0.5) is 0 Å². The van der Waals surface area contributed by atoms with Crippen molar-refractivity contribution in [2.45, 2.75) is 44.9 Å². The molecule has 1 aliphatic heterocycles. The SMILES string of the molecule is COc1c(CC2CCNCC2)cc2c(c1Br)CCCC2. The second-order valence-corrected chi connectivity index (χ2v) is 6.92. The average molecular weight is 338 g/mol. The molecule has 2 nitrogen and oxygen atoms in total. The lowest BCUT2D eigenvalue weighted by atomic mass is 9.85. The van der Waals surface area contributed by atoms with Crippen molar-refractivity contribution in [1.29, 1.82) is 0 Å². The third-order valence-electron chi connectivity index (χ3n) is 4.79. The van der Waals surface area contributed by atoms with E-state index in [1.165, 1.54) is 67.2 Å². The van der Waals surface area contributed by atoms with Crippen molar-refractivity contribution in [3.05, 3.63) is 27.2 Å².